The fraction of sp³-hybridized carbons (Fsp3) is 1.00. The number of likely N-dealkylation sites (N-methyl/N-ethyl adjacent to an activating group) is 1. The lowest BCUT2D eigenvalue weighted by Gasteiger charge is -2.34. The zero-order valence-electron chi connectivity index (χ0n) is 8.49. The average Bonchev–Trinajstić information content (AvgIpc) is 2.09. The number of hydrogen-bond donors (Lipinski definition) is 2. The fourth-order valence-corrected chi connectivity index (χ4v) is 2.69. The first-order valence-electron chi connectivity index (χ1n) is 4.88. The van der Waals surface area contributed by atoms with Crippen LogP contribution in [0.4, 0.5) is 0 Å². The van der Waals surface area contributed by atoms with Crippen molar-refractivity contribution in [1.29, 1.82) is 0 Å². The molecule has 0 aliphatic carbocycles. The van der Waals surface area contributed by atoms with Gasteiger partial charge in [0.25, 0.3) is 0 Å². The van der Waals surface area contributed by atoms with Crippen LogP contribution in [0.15, 0.2) is 0 Å². The summed E-state index contributed by atoms with van der Waals surface area (Å²) in [5.74, 6) is 2.41. The highest BCUT2D eigenvalue weighted by Crippen LogP contribution is 2.15. The Morgan fingerprint density at radius 1 is 1.69 bits per heavy atom. The van der Waals surface area contributed by atoms with Crippen molar-refractivity contribution in [3.8, 4) is 0 Å². The molecule has 0 saturated carbocycles. The molecular weight excluding hydrogens is 184 g/mol. The maximum atomic E-state index is 9.61. The van der Waals surface area contributed by atoms with Gasteiger partial charge in [0, 0.05) is 37.2 Å². The molecule has 1 aliphatic rings. The van der Waals surface area contributed by atoms with Crippen LogP contribution in [0, 0.1) is 0 Å². The Morgan fingerprint density at radius 2 is 2.46 bits per heavy atom. The lowest BCUT2D eigenvalue weighted by Crippen LogP contribution is -2.46. The van der Waals surface area contributed by atoms with Gasteiger partial charge in [-0.15, -0.1) is 0 Å². The number of β-amino-alcohol motifs (C(OH)–C–C–N with tert-alkyl or cyclic N) is 1. The molecule has 13 heavy (non-hydrogen) atoms. The monoisotopic (exact) mass is 204 g/mol. The van der Waals surface area contributed by atoms with Gasteiger partial charge >= 0.3 is 0 Å². The van der Waals surface area contributed by atoms with Crippen LogP contribution in [0.25, 0.3) is 0 Å². The Balaban J connectivity index is 2.25. The van der Waals surface area contributed by atoms with E-state index in [0.717, 1.165) is 13.1 Å². The van der Waals surface area contributed by atoms with Crippen molar-refractivity contribution in [2.45, 2.75) is 19.1 Å². The van der Waals surface area contributed by atoms with Gasteiger partial charge in [-0.3, -0.25) is 4.90 Å². The number of thioether (sulfide) groups is 1. The first-order chi connectivity index (χ1) is 6.24. The standard InChI is InChI=1S/C9H20N2OS/c1-8-7-13-4-3-11(8)6-9(12)5-10-2/h8-10,12H,3-7H2,1-2H3. The summed E-state index contributed by atoms with van der Waals surface area (Å²) in [6.45, 7) is 4.85. The molecule has 0 bridgehead atoms. The SMILES string of the molecule is CNCC(O)CN1CCSCC1C. The van der Waals surface area contributed by atoms with Gasteiger partial charge in [-0.05, 0) is 14.0 Å². The summed E-state index contributed by atoms with van der Waals surface area (Å²) in [5.41, 5.74) is 0. The van der Waals surface area contributed by atoms with E-state index in [2.05, 4.69) is 17.1 Å². The van der Waals surface area contributed by atoms with Crippen LogP contribution in [0.3, 0.4) is 0 Å². The van der Waals surface area contributed by atoms with Crippen LogP contribution in [0.1, 0.15) is 6.92 Å². The highest BCUT2D eigenvalue weighted by molar-refractivity contribution is 7.99. The first kappa shape index (κ1) is 11.3. The van der Waals surface area contributed by atoms with Crippen molar-refractivity contribution in [1.82, 2.24) is 10.2 Å². The number of nitrogens with one attached hydrogen (secondary N) is 1. The second kappa shape index (κ2) is 5.86. The van der Waals surface area contributed by atoms with E-state index in [-0.39, 0.29) is 6.10 Å². The lowest BCUT2D eigenvalue weighted by molar-refractivity contribution is 0.0993. The number of rotatable bonds is 4. The Bertz CT molecular complexity index is 146. The van der Waals surface area contributed by atoms with Crippen LogP contribution >= 0.6 is 11.8 Å². The van der Waals surface area contributed by atoms with Gasteiger partial charge in [-0.2, -0.15) is 11.8 Å². The number of nitrogens with zero attached hydrogens (tertiary/aromatic N) is 1. The Morgan fingerprint density at radius 3 is 3.08 bits per heavy atom. The molecule has 3 nitrogen and oxygen atoms in total. The highest BCUT2D eigenvalue weighted by atomic mass is 32.2. The molecule has 0 radical (unpaired) electrons. The van der Waals surface area contributed by atoms with E-state index in [9.17, 15) is 5.11 Å². The fourth-order valence-electron chi connectivity index (χ4n) is 1.60. The van der Waals surface area contributed by atoms with Gasteiger partial charge in [0.05, 0.1) is 6.10 Å². The van der Waals surface area contributed by atoms with Crippen LogP contribution in [-0.4, -0.2) is 60.3 Å². The molecular formula is C9H20N2OS. The average molecular weight is 204 g/mol. The molecule has 78 valence electrons. The summed E-state index contributed by atoms with van der Waals surface area (Å²) in [6, 6.07) is 0.616. The molecule has 2 atom stereocenters. The minimum Gasteiger partial charge on any atom is -0.390 e. The van der Waals surface area contributed by atoms with Gasteiger partial charge < -0.3 is 10.4 Å². The topological polar surface area (TPSA) is 35.5 Å². The van der Waals surface area contributed by atoms with Crippen LogP contribution in [0.5, 0.6) is 0 Å². The van der Waals surface area contributed by atoms with Gasteiger partial charge in [-0.25, -0.2) is 0 Å². The van der Waals surface area contributed by atoms with Crippen molar-refractivity contribution in [2.24, 2.45) is 0 Å². The van der Waals surface area contributed by atoms with Gasteiger partial charge in [0.15, 0.2) is 0 Å². The van der Waals surface area contributed by atoms with Crippen LogP contribution < -0.4 is 5.32 Å². The van der Waals surface area contributed by atoms with Crippen molar-refractivity contribution in [2.75, 3.05) is 38.2 Å². The zero-order valence-corrected chi connectivity index (χ0v) is 9.31. The van der Waals surface area contributed by atoms with Crippen molar-refractivity contribution >= 4 is 11.8 Å². The third kappa shape index (κ3) is 3.85. The third-order valence-electron chi connectivity index (χ3n) is 2.39. The summed E-state index contributed by atoms with van der Waals surface area (Å²) in [5, 5.41) is 12.6. The van der Waals surface area contributed by atoms with Crippen molar-refractivity contribution in [3.63, 3.8) is 0 Å². The quantitative estimate of drug-likeness (QED) is 0.676. The Kier molecular flexibility index (Phi) is 5.09. The minimum atomic E-state index is -0.226. The number of aliphatic hydroxyl groups is 1. The number of hydrogen-bond acceptors (Lipinski definition) is 4. The molecule has 0 aromatic carbocycles. The van der Waals surface area contributed by atoms with E-state index in [1.807, 2.05) is 18.8 Å². The third-order valence-corrected chi connectivity index (χ3v) is 3.58. The van der Waals surface area contributed by atoms with E-state index >= 15 is 0 Å². The van der Waals surface area contributed by atoms with E-state index < -0.39 is 0 Å². The van der Waals surface area contributed by atoms with E-state index in [0.29, 0.717) is 12.6 Å². The molecule has 1 heterocycles. The number of aliphatic hydroxyl groups excluding tert-OH is 1. The molecule has 1 saturated heterocycles. The van der Waals surface area contributed by atoms with E-state index in [4.69, 9.17) is 0 Å². The smallest absolute Gasteiger partial charge is 0.0791 e. The molecule has 0 aromatic heterocycles. The minimum absolute atomic E-state index is 0.226. The van der Waals surface area contributed by atoms with Crippen molar-refractivity contribution in [3.05, 3.63) is 0 Å². The van der Waals surface area contributed by atoms with Gasteiger partial charge in [0.1, 0.15) is 0 Å². The second-order valence-corrected chi connectivity index (χ2v) is 4.78. The van der Waals surface area contributed by atoms with Gasteiger partial charge in [0.2, 0.25) is 0 Å². The molecule has 1 fully saturated rings. The van der Waals surface area contributed by atoms with E-state index in [1.54, 1.807) is 0 Å². The summed E-state index contributed by atoms with van der Waals surface area (Å²) in [6.07, 6.45) is -0.226. The Labute approximate surface area is 84.9 Å². The maximum Gasteiger partial charge on any atom is 0.0791 e. The molecule has 0 aromatic rings. The molecule has 0 amide bonds. The van der Waals surface area contributed by atoms with Crippen LogP contribution in [-0.2, 0) is 0 Å². The normalized spacial score (nSPS) is 27.5. The summed E-state index contributed by atoms with van der Waals surface area (Å²) in [4.78, 5) is 2.37. The molecule has 1 rings (SSSR count). The summed E-state index contributed by atoms with van der Waals surface area (Å²) in [7, 11) is 1.87. The van der Waals surface area contributed by atoms with Crippen molar-refractivity contribution < 1.29 is 5.11 Å². The molecule has 2 unspecified atom stereocenters. The lowest BCUT2D eigenvalue weighted by atomic mass is 10.2. The molecule has 1 aliphatic heterocycles. The highest BCUT2D eigenvalue weighted by Gasteiger charge is 2.20. The summed E-state index contributed by atoms with van der Waals surface area (Å²) < 4.78 is 0. The zero-order chi connectivity index (χ0) is 9.68. The van der Waals surface area contributed by atoms with Crippen LogP contribution in [0.2, 0.25) is 0 Å². The maximum absolute atomic E-state index is 9.61. The first-order valence-corrected chi connectivity index (χ1v) is 6.04. The molecule has 0 spiro atoms. The second-order valence-electron chi connectivity index (χ2n) is 3.63. The van der Waals surface area contributed by atoms with Gasteiger partial charge in [-0.1, -0.05) is 0 Å². The Hall–Kier alpha value is 0.230. The largest absolute Gasteiger partial charge is 0.390 e. The molecule has 2 N–H and O–H groups in total. The summed E-state index contributed by atoms with van der Waals surface area (Å²) >= 11 is 2.01. The molecule has 4 heteroatoms. The predicted octanol–water partition coefficient (Wildman–Crippen LogP) is 0.00400. The van der Waals surface area contributed by atoms with E-state index in [1.165, 1.54) is 11.5 Å². The predicted molar refractivity (Wildman–Crippen MR) is 58.3 cm³/mol.